The van der Waals surface area contributed by atoms with Crippen LogP contribution >= 0.6 is 11.6 Å². The second-order valence-electron chi connectivity index (χ2n) is 17.9. The monoisotopic (exact) mass is 1090 g/mol. The Kier molecular flexibility index (Phi) is 17.0. The number of nitrogens with one attached hydrogen (secondary N) is 6. The summed E-state index contributed by atoms with van der Waals surface area (Å²) in [6.07, 6.45) is -6.71. The SMILES string of the molecule is CNC(=O)c1cc(N2CCOCC2)ccc1Nc1cc(Cl)ncc1C(F)(F)F.CNC(=O)c1cc(N2CCOCC2)ccc1Nc1cc(Nc2ccc3c(c2)CC(=O)C3)ncc1C(F)(F)F.Nc1ccc2c(c1)CC(=O)N2. The van der Waals surface area contributed by atoms with Crippen LogP contribution in [-0.2, 0) is 50.7 Å². The maximum Gasteiger partial charge on any atom is 0.419 e. The van der Waals surface area contributed by atoms with E-state index in [4.69, 9.17) is 26.8 Å². The van der Waals surface area contributed by atoms with Crippen LogP contribution in [0.4, 0.5) is 83.3 Å². The summed E-state index contributed by atoms with van der Waals surface area (Å²) >= 11 is 5.77. The minimum absolute atomic E-state index is 0.0469. The highest BCUT2D eigenvalue weighted by Crippen LogP contribution is 2.40. The van der Waals surface area contributed by atoms with Crippen molar-refractivity contribution in [1.29, 1.82) is 0 Å². The van der Waals surface area contributed by atoms with Gasteiger partial charge < -0.3 is 56.9 Å². The van der Waals surface area contributed by atoms with Gasteiger partial charge in [-0.2, -0.15) is 26.3 Å². The van der Waals surface area contributed by atoms with Crippen molar-refractivity contribution >= 4 is 92.1 Å². The number of halogens is 7. The Morgan fingerprint density at radius 1 is 0.610 bits per heavy atom. The third-order valence-electron chi connectivity index (χ3n) is 12.6. The standard InChI is InChI=1S/C27H26F3N5O3.C18H18ClF3N4O2.C8H8N2O/c1-31-26(37)21-13-19(35-6-8-38-9-7-35)4-5-23(21)34-24-14-25(32-15-22(24)27(28,29)30)33-18-3-2-16-11-20(36)12-17(16)10-18;1-23-17(27)12-8-11(26-4-6-28-7-5-26)2-3-14(12)25-15-9-16(19)24-10-13(15)18(20,21)22;9-6-1-2-7-5(3-6)4-8(11)10-7/h2-5,10,13-15H,6-9,11-12H2,1H3,(H,31,37)(H2,32,33,34);2-3,8-10H,4-7H2,1H3,(H,23,27)(H,24,25);1-3H,4,9H2,(H,10,11). The Morgan fingerprint density at radius 2 is 1.14 bits per heavy atom. The number of ether oxygens (including phenoxy) is 2. The van der Waals surface area contributed by atoms with Gasteiger partial charge in [0.2, 0.25) is 5.91 Å². The Balaban J connectivity index is 0.000000175. The van der Waals surface area contributed by atoms with E-state index >= 15 is 0 Å². The molecule has 0 bridgehead atoms. The number of pyridine rings is 2. The Bertz CT molecular complexity index is 3190. The molecule has 10 rings (SSSR count). The molecule has 8 N–H and O–H groups in total. The molecule has 0 radical (unpaired) electrons. The minimum Gasteiger partial charge on any atom is -0.399 e. The lowest BCUT2D eigenvalue weighted by molar-refractivity contribution is -0.138. The van der Waals surface area contributed by atoms with Gasteiger partial charge in [-0.15, -0.1) is 0 Å². The lowest BCUT2D eigenvalue weighted by Gasteiger charge is -2.29. The topological polar surface area (TPSA) is 217 Å². The van der Waals surface area contributed by atoms with Crippen molar-refractivity contribution in [2.45, 2.75) is 31.6 Å². The zero-order valence-electron chi connectivity index (χ0n) is 41.5. The second kappa shape index (κ2) is 23.8. The van der Waals surface area contributed by atoms with E-state index in [0.29, 0.717) is 89.4 Å². The fourth-order valence-corrected chi connectivity index (χ4v) is 8.95. The maximum absolute atomic E-state index is 13.9. The van der Waals surface area contributed by atoms with Crippen molar-refractivity contribution < 1.29 is 55.0 Å². The third kappa shape index (κ3) is 13.8. The summed E-state index contributed by atoms with van der Waals surface area (Å²) in [5.74, 6) is -0.507. The average Bonchev–Trinajstić information content (AvgIpc) is 3.98. The van der Waals surface area contributed by atoms with E-state index in [0.717, 1.165) is 46.0 Å². The summed E-state index contributed by atoms with van der Waals surface area (Å²) in [6.45, 7) is 4.87. The number of alkyl halides is 6. The number of fused-ring (bicyclic) bond motifs is 2. The summed E-state index contributed by atoms with van der Waals surface area (Å²) in [5.41, 5.74) is 10.5. The van der Waals surface area contributed by atoms with Gasteiger partial charge in [-0.1, -0.05) is 17.7 Å². The average molecular weight is 1090 g/mol. The maximum atomic E-state index is 13.9. The zero-order chi connectivity index (χ0) is 55.0. The molecule has 6 aromatic rings. The molecule has 0 spiro atoms. The second-order valence-corrected chi connectivity index (χ2v) is 18.3. The lowest BCUT2D eigenvalue weighted by Crippen LogP contribution is -2.36. The van der Waals surface area contributed by atoms with Crippen LogP contribution in [0.2, 0.25) is 5.15 Å². The summed E-state index contributed by atoms with van der Waals surface area (Å²) in [5, 5.41) is 16.2. The number of hydrogen-bond acceptors (Lipinski definition) is 14. The number of morpholine rings is 2. The Hall–Kier alpha value is -8.15. The quantitative estimate of drug-likeness (QED) is 0.0388. The number of ketones is 1. The number of carbonyl (C=O) groups is 4. The molecule has 1 aliphatic carbocycles. The van der Waals surface area contributed by atoms with E-state index in [2.05, 4.69) is 46.8 Å². The number of anilines is 10. The fraction of sp³-hybridized carbons (Fsp3) is 0.283. The molecule has 4 aliphatic rings. The number of Topliss-reactive ketones (excluding diaryl/α,β-unsaturated/α-hetero) is 1. The van der Waals surface area contributed by atoms with Crippen LogP contribution < -0.4 is 47.4 Å². The third-order valence-corrected chi connectivity index (χ3v) is 12.8. The molecule has 2 aromatic heterocycles. The molecule has 4 aromatic carbocycles. The number of rotatable bonds is 10. The molecule has 0 unspecified atom stereocenters. The molecule has 0 atom stereocenters. The normalized spacial score (nSPS) is 14.9. The molecule has 0 saturated carbocycles. The molecule has 3 amide bonds. The van der Waals surface area contributed by atoms with Crippen molar-refractivity contribution in [2.24, 2.45) is 0 Å². The van der Waals surface area contributed by atoms with Crippen molar-refractivity contribution in [3.8, 4) is 0 Å². The zero-order valence-corrected chi connectivity index (χ0v) is 42.2. The van der Waals surface area contributed by atoms with Gasteiger partial charge in [0.25, 0.3) is 11.8 Å². The van der Waals surface area contributed by atoms with Gasteiger partial charge in [0.05, 0.1) is 77.9 Å². The van der Waals surface area contributed by atoms with Crippen LogP contribution in [0.1, 0.15) is 48.5 Å². The van der Waals surface area contributed by atoms with Crippen LogP contribution in [0.3, 0.4) is 0 Å². The number of nitrogen functional groups attached to an aromatic ring is 1. The van der Waals surface area contributed by atoms with Gasteiger partial charge in [0, 0.05) is 100 Å². The molecule has 77 heavy (non-hydrogen) atoms. The minimum atomic E-state index is -4.68. The van der Waals surface area contributed by atoms with Gasteiger partial charge >= 0.3 is 12.4 Å². The first kappa shape index (κ1) is 55.1. The first-order valence-corrected chi connectivity index (χ1v) is 24.4. The molecule has 17 nitrogen and oxygen atoms in total. The smallest absolute Gasteiger partial charge is 0.399 e. The van der Waals surface area contributed by atoms with E-state index in [-0.39, 0.29) is 56.5 Å². The summed E-state index contributed by atoms with van der Waals surface area (Å²) < 4.78 is 92.3. The van der Waals surface area contributed by atoms with E-state index in [1.165, 1.54) is 20.2 Å². The van der Waals surface area contributed by atoms with Crippen LogP contribution in [0, 0.1) is 0 Å². The fourth-order valence-electron chi connectivity index (χ4n) is 8.79. The number of benzene rings is 4. The largest absolute Gasteiger partial charge is 0.419 e. The van der Waals surface area contributed by atoms with E-state index < -0.39 is 35.3 Å². The molecular weight excluding hydrogens is 1040 g/mol. The molecule has 3 aliphatic heterocycles. The van der Waals surface area contributed by atoms with Gasteiger partial charge in [0.15, 0.2) is 0 Å². The van der Waals surface area contributed by atoms with Gasteiger partial charge in [-0.3, -0.25) is 19.2 Å². The predicted octanol–water partition coefficient (Wildman–Crippen LogP) is 8.91. The lowest BCUT2D eigenvalue weighted by atomic mass is 10.1. The van der Waals surface area contributed by atoms with E-state index in [9.17, 15) is 45.5 Å². The molecule has 2 fully saturated rings. The molecular formula is C53H52ClF6N11O6. The van der Waals surface area contributed by atoms with Crippen LogP contribution in [0.5, 0.6) is 0 Å². The predicted molar refractivity (Wildman–Crippen MR) is 281 cm³/mol. The van der Waals surface area contributed by atoms with Crippen molar-refractivity contribution in [2.75, 3.05) is 104 Å². The van der Waals surface area contributed by atoms with Crippen LogP contribution in [-0.4, -0.2) is 100 Å². The number of nitrogens with two attached hydrogens (primary N) is 1. The summed E-state index contributed by atoms with van der Waals surface area (Å²) in [7, 11) is 2.92. The van der Waals surface area contributed by atoms with Crippen molar-refractivity contribution in [1.82, 2.24) is 20.6 Å². The first-order chi connectivity index (χ1) is 36.8. The Morgan fingerprint density at radius 3 is 1.69 bits per heavy atom. The molecule has 2 saturated heterocycles. The number of nitrogens with zero attached hydrogens (tertiary/aromatic N) is 4. The highest BCUT2D eigenvalue weighted by atomic mass is 35.5. The molecule has 24 heteroatoms. The van der Waals surface area contributed by atoms with Crippen molar-refractivity contribution in [3.63, 3.8) is 0 Å². The van der Waals surface area contributed by atoms with Crippen LogP contribution in [0.25, 0.3) is 0 Å². The first-order valence-electron chi connectivity index (χ1n) is 24.1. The Labute approximate surface area is 442 Å². The number of carbonyl (C=O) groups excluding carboxylic acids is 4. The number of aromatic nitrogens is 2. The summed E-state index contributed by atoms with van der Waals surface area (Å²) in [6, 6.07) is 23.1. The van der Waals surface area contributed by atoms with E-state index in [1.54, 1.807) is 54.6 Å². The van der Waals surface area contributed by atoms with E-state index in [1.807, 2.05) is 23.1 Å². The number of hydrogen-bond donors (Lipinski definition) is 7. The molecule has 5 heterocycles. The van der Waals surface area contributed by atoms with Gasteiger partial charge in [0.1, 0.15) is 16.8 Å². The molecule has 404 valence electrons. The highest BCUT2D eigenvalue weighted by Gasteiger charge is 2.36. The van der Waals surface area contributed by atoms with Crippen molar-refractivity contribution in [3.05, 3.63) is 141 Å². The van der Waals surface area contributed by atoms with Gasteiger partial charge in [-0.25, -0.2) is 9.97 Å². The number of amides is 3. The highest BCUT2D eigenvalue weighted by molar-refractivity contribution is 6.29. The van der Waals surface area contributed by atoms with Crippen LogP contribution in [0.15, 0.2) is 97.3 Å². The van der Waals surface area contributed by atoms with Gasteiger partial charge in [-0.05, 0) is 89.5 Å². The summed E-state index contributed by atoms with van der Waals surface area (Å²) in [4.78, 5) is 59.2.